The summed E-state index contributed by atoms with van der Waals surface area (Å²) in [5.41, 5.74) is 0.961. The van der Waals surface area contributed by atoms with Crippen molar-refractivity contribution >= 4 is 27.7 Å². The Bertz CT molecular complexity index is 765. The first kappa shape index (κ1) is 22.0. The highest BCUT2D eigenvalue weighted by molar-refractivity contribution is 9.10. The standard InChI is InChI=1S/C22H27BrN2O3/c1-4-16(2)24-22(27)17(3)25(14-18-8-6-5-7-9-18)21(26)15-28-20-12-10-19(23)11-13-20/h5-13,16-17H,4,14-15H2,1-3H3,(H,24,27)/t16-,17+/m1/s1. The van der Waals surface area contributed by atoms with E-state index in [0.717, 1.165) is 16.5 Å². The van der Waals surface area contributed by atoms with Gasteiger partial charge in [-0.3, -0.25) is 9.59 Å². The third-order valence-electron chi connectivity index (χ3n) is 4.54. The Kier molecular flexibility index (Phi) is 8.51. The minimum Gasteiger partial charge on any atom is -0.484 e. The molecule has 2 aromatic carbocycles. The molecule has 0 saturated carbocycles. The molecule has 0 saturated heterocycles. The monoisotopic (exact) mass is 446 g/mol. The maximum atomic E-state index is 12.9. The van der Waals surface area contributed by atoms with Gasteiger partial charge in [0.25, 0.3) is 5.91 Å². The lowest BCUT2D eigenvalue weighted by Gasteiger charge is -2.29. The van der Waals surface area contributed by atoms with E-state index in [1.54, 1.807) is 24.0 Å². The van der Waals surface area contributed by atoms with Gasteiger partial charge in [0, 0.05) is 17.1 Å². The van der Waals surface area contributed by atoms with Crippen molar-refractivity contribution in [2.75, 3.05) is 6.61 Å². The molecular formula is C22H27BrN2O3. The fraction of sp³-hybridized carbons (Fsp3) is 0.364. The van der Waals surface area contributed by atoms with Crippen molar-refractivity contribution in [2.24, 2.45) is 0 Å². The topological polar surface area (TPSA) is 58.6 Å². The van der Waals surface area contributed by atoms with Gasteiger partial charge in [-0.05, 0) is 50.1 Å². The normalized spacial score (nSPS) is 12.7. The van der Waals surface area contributed by atoms with Gasteiger partial charge in [-0.15, -0.1) is 0 Å². The van der Waals surface area contributed by atoms with Gasteiger partial charge in [0.2, 0.25) is 5.91 Å². The Morgan fingerprint density at radius 3 is 2.32 bits per heavy atom. The number of carbonyl (C=O) groups is 2. The van der Waals surface area contributed by atoms with E-state index in [0.29, 0.717) is 12.3 Å². The molecule has 150 valence electrons. The molecule has 2 aromatic rings. The molecule has 0 radical (unpaired) electrons. The van der Waals surface area contributed by atoms with E-state index in [-0.39, 0.29) is 24.5 Å². The van der Waals surface area contributed by atoms with E-state index in [9.17, 15) is 9.59 Å². The summed E-state index contributed by atoms with van der Waals surface area (Å²) in [6, 6.07) is 16.4. The summed E-state index contributed by atoms with van der Waals surface area (Å²) in [6.07, 6.45) is 0.831. The van der Waals surface area contributed by atoms with Crippen molar-refractivity contribution in [1.29, 1.82) is 0 Å². The Balaban J connectivity index is 2.10. The molecule has 5 nitrogen and oxygen atoms in total. The highest BCUT2D eigenvalue weighted by Crippen LogP contribution is 2.17. The van der Waals surface area contributed by atoms with Gasteiger partial charge in [0.1, 0.15) is 11.8 Å². The number of benzene rings is 2. The molecule has 2 atom stereocenters. The summed E-state index contributed by atoms with van der Waals surface area (Å²) >= 11 is 3.37. The summed E-state index contributed by atoms with van der Waals surface area (Å²) in [5, 5.41) is 2.95. The van der Waals surface area contributed by atoms with Crippen molar-refractivity contribution in [3.63, 3.8) is 0 Å². The fourth-order valence-electron chi connectivity index (χ4n) is 2.59. The number of carbonyl (C=O) groups excluding carboxylic acids is 2. The van der Waals surface area contributed by atoms with Gasteiger partial charge < -0.3 is 15.0 Å². The summed E-state index contributed by atoms with van der Waals surface area (Å²) < 4.78 is 6.57. The lowest BCUT2D eigenvalue weighted by Crippen LogP contribution is -2.50. The molecular weight excluding hydrogens is 420 g/mol. The number of rotatable bonds is 9. The van der Waals surface area contributed by atoms with Gasteiger partial charge in [-0.1, -0.05) is 53.2 Å². The van der Waals surface area contributed by atoms with Crippen LogP contribution >= 0.6 is 15.9 Å². The summed E-state index contributed by atoms with van der Waals surface area (Å²) in [7, 11) is 0. The lowest BCUT2D eigenvalue weighted by molar-refractivity contribution is -0.142. The molecule has 0 aliphatic rings. The van der Waals surface area contributed by atoms with Gasteiger partial charge in [0.05, 0.1) is 0 Å². The first-order valence-corrected chi connectivity index (χ1v) is 10.2. The quantitative estimate of drug-likeness (QED) is 0.628. The second kappa shape index (κ2) is 10.9. The number of nitrogens with one attached hydrogen (secondary N) is 1. The van der Waals surface area contributed by atoms with Crippen LogP contribution in [0.4, 0.5) is 0 Å². The van der Waals surface area contributed by atoms with Crippen molar-refractivity contribution in [3.05, 3.63) is 64.6 Å². The predicted molar refractivity (Wildman–Crippen MR) is 114 cm³/mol. The maximum absolute atomic E-state index is 12.9. The average Bonchev–Trinajstić information content (AvgIpc) is 2.71. The number of hydrogen-bond donors (Lipinski definition) is 1. The Morgan fingerprint density at radius 2 is 1.71 bits per heavy atom. The molecule has 0 bridgehead atoms. The van der Waals surface area contributed by atoms with Crippen LogP contribution in [0.1, 0.15) is 32.8 Å². The van der Waals surface area contributed by atoms with Crippen LogP contribution in [0.5, 0.6) is 5.75 Å². The van der Waals surface area contributed by atoms with Crippen LogP contribution in [0.25, 0.3) is 0 Å². The smallest absolute Gasteiger partial charge is 0.261 e. The molecule has 2 rings (SSSR count). The Morgan fingerprint density at radius 1 is 1.07 bits per heavy atom. The predicted octanol–water partition coefficient (Wildman–Crippen LogP) is 4.16. The van der Waals surface area contributed by atoms with Gasteiger partial charge in [-0.25, -0.2) is 0 Å². The summed E-state index contributed by atoms with van der Waals surface area (Å²) in [5.74, 6) is 0.203. The second-order valence-corrected chi connectivity index (χ2v) is 7.66. The zero-order valence-electron chi connectivity index (χ0n) is 16.5. The Labute approximate surface area is 175 Å². The third kappa shape index (κ3) is 6.68. The van der Waals surface area contributed by atoms with Crippen LogP contribution in [0.15, 0.2) is 59.1 Å². The number of hydrogen-bond acceptors (Lipinski definition) is 3. The molecule has 1 N–H and O–H groups in total. The summed E-state index contributed by atoms with van der Waals surface area (Å²) in [4.78, 5) is 27.1. The number of halogens is 1. The highest BCUT2D eigenvalue weighted by Gasteiger charge is 2.27. The second-order valence-electron chi connectivity index (χ2n) is 6.74. The zero-order chi connectivity index (χ0) is 20.5. The van der Waals surface area contributed by atoms with Gasteiger partial charge >= 0.3 is 0 Å². The molecule has 0 aliphatic heterocycles. The lowest BCUT2D eigenvalue weighted by atomic mass is 10.1. The SMILES string of the molecule is CC[C@@H](C)NC(=O)[C@H](C)N(Cc1ccccc1)C(=O)COc1ccc(Br)cc1. The molecule has 6 heteroatoms. The van der Waals surface area contributed by atoms with Crippen LogP contribution in [-0.2, 0) is 16.1 Å². The first-order valence-electron chi connectivity index (χ1n) is 9.42. The molecule has 0 spiro atoms. The zero-order valence-corrected chi connectivity index (χ0v) is 18.1. The van der Waals surface area contributed by atoms with E-state index >= 15 is 0 Å². The maximum Gasteiger partial charge on any atom is 0.261 e. The average molecular weight is 447 g/mol. The largest absolute Gasteiger partial charge is 0.484 e. The Hall–Kier alpha value is -2.34. The van der Waals surface area contributed by atoms with Crippen LogP contribution in [0, 0.1) is 0 Å². The third-order valence-corrected chi connectivity index (χ3v) is 5.07. The van der Waals surface area contributed by atoms with Crippen molar-refractivity contribution in [1.82, 2.24) is 10.2 Å². The van der Waals surface area contributed by atoms with Crippen molar-refractivity contribution < 1.29 is 14.3 Å². The van der Waals surface area contributed by atoms with Gasteiger partial charge in [-0.2, -0.15) is 0 Å². The van der Waals surface area contributed by atoms with Crippen LogP contribution < -0.4 is 10.1 Å². The van der Waals surface area contributed by atoms with Crippen LogP contribution in [-0.4, -0.2) is 35.4 Å². The minimum absolute atomic E-state index is 0.0580. The van der Waals surface area contributed by atoms with E-state index in [2.05, 4.69) is 21.2 Å². The number of ether oxygens (including phenoxy) is 1. The molecule has 0 fully saturated rings. The van der Waals surface area contributed by atoms with Crippen molar-refractivity contribution in [3.8, 4) is 5.75 Å². The molecule has 2 amide bonds. The van der Waals surface area contributed by atoms with E-state index < -0.39 is 6.04 Å². The molecule has 0 heterocycles. The minimum atomic E-state index is -0.602. The fourth-order valence-corrected chi connectivity index (χ4v) is 2.85. The molecule has 0 unspecified atom stereocenters. The molecule has 0 aliphatic carbocycles. The number of nitrogens with zero attached hydrogens (tertiary/aromatic N) is 1. The first-order chi connectivity index (χ1) is 13.4. The van der Waals surface area contributed by atoms with E-state index in [1.807, 2.05) is 56.3 Å². The van der Waals surface area contributed by atoms with Gasteiger partial charge in [0.15, 0.2) is 6.61 Å². The number of amides is 2. The summed E-state index contributed by atoms with van der Waals surface area (Å²) in [6.45, 7) is 5.92. The van der Waals surface area contributed by atoms with E-state index in [1.165, 1.54) is 0 Å². The van der Waals surface area contributed by atoms with E-state index in [4.69, 9.17) is 4.74 Å². The van der Waals surface area contributed by atoms with Crippen molar-refractivity contribution in [2.45, 2.75) is 45.8 Å². The van der Waals surface area contributed by atoms with Crippen LogP contribution in [0.3, 0.4) is 0 Å². The van der Waals surface area contributed by atoms with Crippen LogP contribution in [0.2, 0.25) is 0 Å². The highest BCUT2D eigenvalue weighted by atomic mass is 79.9. The molecule has 0 aromatic heterocycles. The molecule has 28 heavy (non-hydrogen) atoms.